The second kappa shape index (κ2) is 7.00. The molecule has 0 aliphatic carbocycles. The first-order valence-corrected chi connectivity index (χ1v) is 5.38. The number of rotatable bonds is 7. The fourth-order valence-corrected chi connectivity index (χ4v) is 1.29. The predicted octanol–water partition coefficient (Wildman–Crippen LogP) is 1.63. The van der Waals surface area contributed by atoms with Crippen molar-refractivity contribution in [2.75, 3.05) is 32.7 Å². The highest BCUT2D eigenvalue weighted by atomic mass is 16.5. The summed E-state index contributed by atoms with van der Waals surface area (Å²) in [4.78, 5) is 8.46. The summed E-state index contributed by atoms with van der Waals surface area (Å²) in [7, 11) is 3.31. The number of hydrogen-bond acceptors (Lipinski definition) is 5. The van der Waals surface area contributed by atoms with Crippen molar-refractivity contribution in [1.29, 1.82) is 0 Å². The Morgan fingerprint density at radius 3 is 2.75 bits per heavy atom. The maximum absolute atomic E-state index is 5.07. The van der Waals surface area contributed by atoms with Crippen LogP contribution < -0.4 is 10.1 Å². The number of ether oxygens (including phenoxy) is 2. The first-order valence-electron chi connectivity index (χ1n) is 5.38. The molecule has 5 nitrogen and oxygen atoms in total. The largest absolute Gasteiger partial charge is 0.481 e. The van der Waals surface area contributed by atoms with Crippen LogP contribution in [-0.2, 0) is 4.74 Å². The standard InChI is InChI=1S/C11H19N3O2/c1-9-8-10(16-3)14-11(13-9)12-6-4-5-7-15-2/h8H,4-7H2,1-3H3,(H,12,13,14). The predicted molar refractivity (Wildman–Crippen MR) is 62.9 cm³/mol. The van der Waals surface area contributed by atoms with Crippen LogP contribution in [0.1, 0.15) is 18.5 Å². The minimum absolute atomic E-state index is 0.590. The molecule has 0 amide bonds. The number of nitrogens with zero attached hydrogens (tertiary/aromatic N) is 2. The molecule has 0 aliphatic rings. The zero-order valence-electron chi connectivity index (χ0n) is 10.1. The topological polar surface area (TPSA) is 56.3 Å². The molecule has 0 radical (unpaired) electrons. The van der Waals surface area contributed by atoms with Gasteiger partial charge in [-0.15, -0.1) is 0 Å². The van der Waals surface area contributed by atoms with E-state index < -0.39 is 0 Å². The van der Waals surface area contributed by atoms with Crippen LogP contribution in [0, 0.1) is 6.92 Å². The van der Waals surface area contributed by atoms with Crippen LogP contribution in [0.15, 0.2) is 6.07 Å². The molecular formula is C11H19N3O2. The molecule has 1 N–H and O–H groups in total. The van der Waals surface area contributed by atoms with Gasteiger partial charge in [0.1, 0.15) is 0 Å². The Bertz CT molecular complexity index is 318. The molecule has 1 aromatic heterocycles. The lowest BCUT2D eigenvalue weighted by atomic mass is 10.3. The lowest BCUT2D eigenvalue weighted by Crippen LogP contribution is -2.07. The van der Waals surface area contributed by atoms with Gasteiger partial charge in [0.05, 0.1) is 7.11 Å². The van der Waals surface area contributed by atoms with Crippen LogP contribution in [0.2, 0.25) is 0 Å². The van der Waals surface area contributed by atoms with Gasteiger partial charge in [-0.3, -0.25) is 0 Å². The fraction of sp³-hybridized carbons (Fsp3) is 0.636. The number of aryl methyl sites for hydroxylation is 1. The Balaban J connectivity index is 2.38. The average molecular weight is 225 g/mol. The summed E-state index contributed by atoms with van der Waals surface area (Å²) in [6.45, 7) is 3.55. The quantitative estimate of drug-likeness (QED) is 0.715. The van der Waals surface area contributed by atoms with Crippen LogP contribution in [0.4, 0.5) is 5.95 Å². The van der Waals surface area contributed by atoms with E-state index >= 15 is 0 Å². The highest BCUT2D eigenvalue weighted by Crippen LogP contribution is 2.10. The highest BCUT2D eigenvalue weighted by Gasteiger charge is 2.00. The summed E-state index contributed by atoms with van der Waals surface area (Å²) in [5, 5.41) is 3.16. The van der Waals surface area contributed by atoms with Crippen molar-refractivity contribution in [3.05, 3.63) is 11.8 Å². The summed E-state index contributed by atoms with van der Waals surface area (Å²) in [5.41, 5.74) is 0.895. The van der Waals surface area contributed by atoms with E-state index in [1.807, 2.05) is 6.92 Å². The average Bonchev–Trinajstić information content (AvgIpc) is 2.28. The Morgan fingerprint density at radius 2 is 2.06 bits per heavy atom. The number of methoxy groups -OCH3 is 2. The van der Waals surface area contributed by atoms with Gasteiger partial charge in [-0.05, 0) is 19.8 Å². The van der Waals surface area contributed by atoms with Crippen molar-refractivity contribution in [2.45, 2.75) is 19.8 Å². The maximum Gasteiger partial charge on any atom is 0.226 e. The van der Waals surface area contributed by atoms with E-state index in [4.69, 9.17) is 9.47 Å². The summed E-state index contributed by atoms with van der Waals surface area (Å²) >= 11 is 0. The van der Waals surface area contributed by atoms with Crippen molar-refractivity contribution in [3.63, 3.8) is 0 Å². The van der Waals surface area contributed by atoms with E-state index in [1.165, 1.54) is 0 Å². The van der Waals surface area contributed by atoms with Crippen LogP contribution >= 0.6 is 0 Å². The molecule has 0 aromatic carbocycles. The molecule has 0 aliphatic heterocycles. The van der Waals surface area contributed by atoms with Gasteiger partial charge in [0.25, 0.3) is 0 Å². The summed E-state index contributed by atoms with van der Waals surface area (Å²) < 4.78 is 10.0. The smallest absolute Gasteiger partial charge is 0.226 e. The minimum atomic E-state index is 0.590. The summed E-state index contributed by atoms with van der Waals surface area (Å²) in [6.07, 6.45) is 2.07. The molecule has 1 rings (SSSR count). The molecule has 1 aromatic rings. The van der Waals surface area contributed by atoms with Crippen molar-refractivity contribution < 1.29 is 9.47 Å². The van der Waals surface area contributed by atoms with Gasteiger partial charge in [-0.2, -0.15) is 4.98 Å². The fourth-order valence-electron chi connectivity index (χ4n) is 1.29. The highest BCUT2D eigenvalue weighted by molar-refractivity contribution is 5.30. The molecule has 90 valence electrons. The van der Waals surface area contributed by atoms with Gasteiger partial charge in [-0.1, -0.05) is 0 Å². The second-order valence-corrected chi connectivity index (χ2v) is 3.50. The molecule has 16 heavy (non-hydrogen) atoms. The van der Waals surface area contributed by atoms with Gasteiger partial charge < -0.3 is 14.8 Å². The number of nitrogens with one attached hydrogen (secondary N) is 1. The van der Waals surface area contributed by atoms with E-state index in [9.17, 15) is 0 Å². The Hall–Kier alpha value is -1.36. The molecular weight excluding hydrogens is 206 g/mol. The van der Waals surface area contributed by atoms with Crippen molar-refractivity contribution in [1.82, 2.24) is 9.97 Å². The minimum Gasteiger partial charge on any atom is -0.481 e. The second-order valence-electron chi connectivity index (χ2n) is 3.50. The third-order valence-electron chi connectivity index (χ3n) is 2.10. The Labute approximate surface area is 96.2 Å². The van der Waals surface area contributed by atoms with Gasteiger partial charge in [0, 0.05) is 32.0 Å². The van der Waals surface area contributed by atoms with E-state index in [0.29, 0.717) is 11.8 Å². The maximum atomic E-state index is 5.07. The molecule has 5 heteroatoms. The van der Waals surface area contributed by atoms with E-state index in [2.05, 4.69) is 15.3 Å². The number of anilines is 1. The zero-order valence-corrected chi connectivity index (χ0v) is 10.1. The van der Waals surface area contributed by atoms with Crippen LogP contribution in [0.3, 0.4) is 0 Å². The molecule has 0 fully saturated rings. The van der Waals surface area contributed by atoms with Crippen LogP contribution in [0.5, 0.6) is 5.88 Å². The normalized spacial score (nSPS) is 10.2. The molecule has 1 heterocycles. The number of aromatic nitrogens is 2. The lowest BCUT2D eigenvalue weighted by molar-refractivity contribution is 0.193. The SMILES string of the molecule is COCCCCNc1nc(C)cc(OC)n1. The third kappa shape index (κ3) is 4.44. The van der Waals surface area contributed by atoms with Gasteiger partial charge in [0.15, 0.2) is 0 Å². The van der Waals surface area contributed by atoms with Gasteiger partial charge in [-0.25, -0.2) is 4.98 Å². The molecule has 0 bridgehead atoms. The Kier molecular flexibility index (Phi) is 5.56. The number of unbranched alkanes of at least 4 members (excludes halogenated alkanes) is 1. The molecule has 0 saturated carbocycles. The number of hydrogen-bond donors (Lipinski definition) is 1. The van der Waals surface area contributed by atoms with Crippen molar-refractivity contribution in [3.8, 4) is 5.88 Å². The van der Waals surface area contributed by atoms with E-state index in [-0.39, 0.29) is 0 Å². The molecule has 0 atom stereocenters. The first kappa shape index (κ1) is 12.7. The van der Waals surface area contributed by atoms with Gasteiger partial charge >= 0.3 is 0 Å². The van der Waals surface area contributed by atoms with Gasteiger partial charge in [0.2, 0.25) is 11.8 Å². The summed E-state index contributed by atoms with van der Waals surface area (Å²) in [6, 6.07) is 1.80. The zero-order chi connectivity index (χ0) is 11.8. The lowest BCUT2D eigenvalue weighted by Gasteiger charge is -2.07. The Morgan fingerprint density at radius 1 is 1.25 bits per heavy atom. The van der Waals surface area contributed by atoms with E-state index in [1.54, 1.807) is 20.3 Å². The van der Waals surface area contributed by atoms with Crippen LogP contribution in [0.25, 0.3) is 0 Å². The van der Waals surface area contributed by atoms with E-state index in [0.717, 1.165) is 31.7 Å². The monoisotopic (exact) mass is 225 g/mol. The third-order valence-corrected chi connectivity index (χ3v) is 2.10. The van der Waals surface area contributed by atoms with Crippen molar-refractivity contribution >= 4 is 5.95 Å². The summed E-state index contributed by atoms with van der Waals surface area (Å²) in [5.74, 6) is 1.21. The molecule has 0 saturated heterocycles. The molecule has 0 spiro atoms. The molecule has 0 unspecified atom stereocenters. The van der Waals surface area contributed by atoms with Crippen molar-refractivity contribution in [2.24, 2.45) is 0 Å². The van der Waals surface area contributed by atoms with Crippen LogP contribution in [-0.4, -0.2) is 37.3 Å². The first-order chi connectivity index (χ1) is 7.76.